The Morgan fingerprint density at radius 1 is 0.500 bits per heavy atom. The number of carboxylic acids is 1. The molecule has 0 aromatic carbocycles. The minimum atomic E-state index is -0.517. The van der Waals surface area contributed by atoms with Gasteiger partial charge in [0.25, 0.3) is 0 Å². The summed E-state index contributed by atoms with van der Waals surface area (Å²) in [5.41, 5.74) is -0.443. The number of rotatable bonds is 22. The second kappa shape index (κ2) is 19.8. The van der Waals surface area contributed by atoms with E-state index in [2.05, 4.69) is 20.8 Å². The smallest absolute Gasteiger partial charge is 0.309 e. The molecule has 2 nitrogen and oxygen atoms in total. The molecule has 0 radical (unpaired) electrons. The van der Waals surface area contributed by atoms with Crippen LogP contribution >= 0.6 is 0 Å². The van der Waals surface area contributed by atoms with Gasteiger partial charge in [0.1, 0.15) is 0 Å². The van der Waals surface area contributed by atoms with Crippen molar-refractivity contribution in [3.63, 3.8) is 0 Å². The van der Waals surface area contributed by atoms with Gasteiger partial charge in [0, 0.05) is 0 Å². The molecule has 0 bridgehead atoms. The first kappa shape index (κ1) is 27.5. The zero-order valence-corrected chi connectivity index (χ0v) is 19.7. The van der Waals surface area contributed by atoms with Gasteiger partial charge in [-0.3, -0.25) is 4.79 Å². The van der Waals surface area contributed by atoms with E-state index in [4.69, 9.17) is 0 Å². The van der Waals surface area contributed by atoms with Gasteiger partial charge in [0.2, 0.25) is 0 Å². The maximum Gasteiger partial charge on any atom is 0.309 e. The Labute approximate surface area is 177 Å². The molecule has 1 N–H and O–H groups in total. The average Bonchev–Trinajstić information content (AvgIpc) is 2.69. The SMILES string of the molecule is CCCCCCCCCCCCC(CCCCCC)(CCCCCC)C(=O)O. The van der Waals surface area contributed by atoms with Crippen molar-refractivity contribution in [1.82, 2.24) is 0 Å². The lowest BCUT2D eigenvalue weighted by molar-refractivity contribution is -0.150. The van der Waals surface area contributed by atoms with Crippen LogP contribution in [0.4, 0.5) is 0 Å². The van der Waals surface area contributed by atoms with Crippen molar-refractivity contribution >= 4 is 5.97 Å². The molecule has 168 valence electrons. The molecular formula is C26H52O2. The summed E-state index contributed by atoms with van der Waals surface area (Å²) < 4.78 is 0. The van der Waals surface area contributed by atoms with Crippen LogP contribution in [-0.2, 0) is 4.79 Å². The highest BCUT2D eigenvalue weighted by atomic mass is 16.4. The number of hydrogen-bond donors (Lipinski definition) is 1. The third kappa shape index (κ3) is 14.5. The molecule has 2 heteroatoms. The molecule has 0 fully saturated rings. The fourth-order valence-electron chi connectivity index (χ4n) is 4.43. The van der Waals surface area contributed by atoms with Crippen LogP contribution in [0.1, 0.15) is 156 Å². The Morgan fingerprint density at radius 3 is 1.04 bits per heavy atom. The molecule has 0 saturated heterocycles. The van der Waals surface area contributed by atoms with Gasteiger partial charge in [-0.1, -0.05) is 136 Å². The first-order valence-electron chi connectivity index (χ1n) is 12.9. The fraction of sp³-hybridized carbons (Fsp3) is 0.962. The summed E-state index contributed by atoms with van der Waals surface area (Å²) >= 11 is 0. The van der Waals surface area contributed by atoms with E-state index in [-0.39, 0.29) is 0 Å². The largest absolute Gasteiger partial charge is 0.481 e. The van der Waals surface area contributed by atoms with Crippen molar-refractivity contribution in [3.05, 3.63) is 0 Å². The summed E-state index contributed by atoms with van der Waals surface area (Å²) in [5.74, 6) is -0.517. The van der Waals surface area contributed by atoms with Crippen LogP contribution < -0.4 is 0 Å². The Balaban J connectivity index is 4.23. The van der Waals surface area contributed by atoms with E-state index in [0.29, 0.717) is 0 Å². The van der Waals surface area contributed by atoms with E-state index in [1.165, 1.54) is 96.3 Å². The number of hydrogen-bond acceptors (Lipinski definition) is 1. The highest BCUT2D eigenvalue weighted by Gasteiger charge is 2.36. The standard InChI is InChI=1S/C26H52O2/c1-4-7-10-13-14-15-16-17-18-21-24-26(25(27)28,22-19-11-8-5-2)23-20-12-9-6-3/h4-24H2,1-3H3,(H,27,28). The summed E-state index contributed by atoms with van der Waals surface area (Å²) in [6.07, 6.45) is 25.3. The predicted octanol–water partition coefficient (Wildman–Crippen LogP) is 9.31. The molecule has 0 saturated carbocycles. The van der Waals surface area contributed by atoms with Crippen molar-refractivity contribution in [3.8, 4) is 0 Å². The van der Waals surface area contributed by atoms with E-state index >= 15 is 0 Å². The zero-order chi connectivity index (χ0) is 20.9. The quantitative estimate of drug-likeness (QED) is 0.185. The van der Waals surface area contributed by atoms with Crippen molar-refractivity contribution in [2.75, 3.05) is 0 Å². The third-order valence-corrected chi connectivity index (χ3v) is 6.48. The van der Waals surface area contributed by atoms with Gasteiger partial charge < -0.3 is 5.11 Å². The van der Waals surface area contributed by atoms with E-state index < -0.39 is 11.4 Å². The van der Waals surface area contributed by atoms with Crippen LogP contribution in [-0.4, -0.2) is 11.1 Å². The molecule has 28 heavy (non-hydrogen) atoms. The van der Waals surface area contributed by atoms with Gasteiger partial charge in [0.05, 0.1) is 5.41 Å². The molecule has 0 unspecified atom stereocenters. The summed E-state index contributed by atoms with van der Waals surface area (Å²) in [4.78, 5) is 12.2. The predicted molar refractivity (Wildman–Crippen MR) is 124 cm³/mol. The lowest BCUT2D eigenvalue weighted by atomic mass is 9.74. The van der Waals surface area contributed by atoms with Crippen LogP contribution in [0.3, 0.4) is 0 Å². The molecule has 0 aromatic rings. The summed E-state index contributed by atoms with van der Waals surface area (Å²) in [6.45, 7) is 6.71. The van der Waals surface area contributed by atoms with Crippen molar-refractivity contribution in [1.29, 1.82) is 0 Å². The monoisotopic (exact) mass is 396 g/mol. The Morgan fingerprint density at radius 2 is 0.750 bits per heavy atom. The van der Waals surface area contributed by atoms with Gasteiger partial charge in [-0.25, -0.2) is 0 Å². The Hall–Kier alpha value is -0.530. The summed E-state index contributed by atoms with van der Waals surface area (Å²) in [6, 6.07) is 0. The highest BCUT2D eigenvalue weighted by molar-refractivity contribution is 5.74. The van der Waals surface area contributed by atoms with E-state index in [1.54, 1.807) is 0 Å². The number of carboxylic acid groups (broad SMARTS) is 1. The van der Waals surface area contributed by atoms with Crippen LogP contribution in [0.2, 0.25) is 0 Å². The Bertz CT molecular complexity index is 325. The van der Waals surface area contributed by atoms with Gasteiger partial charge >= 0.3 is 5.97 Å². The normalized spacial score (nSPS) is 11.8. The minimum Gasteiger partial charge on any atom is -0.481 e. The number of carbonyl (C=O) groups is 1. The molecule has 0 aliphatic heterocycles. The molecule has 0 aromatic heterocycles. The number of unbranched alkanes of at least 4 members (excludes halogenated alkanes) is 15. The maximum atomic E-state index is 12.2. The zero-order valence-electron chi connectivity index (χ0n) is 19.7. The molecule has 0 spiro atoms. The lowest BCUT2D eigenvalue weighted by Gasteiger charge is -2.30. The van der Waals surface area contributed by atoms with E-state index in [0.717, 1.165) is 38.5 Å². The van der Waals surface area contributed by atoms with Crippen molar-refractivity contribution < 1.29 is 9.90 Å². The molecule has 0 heterocycles. The number of aliphatic carboxylic acids is 1. The molecule has 0 atom stereocenters. The second-order valence-corrected chi connectivity index (χ2v) is 9.14. The average molecular weight is 397 g/mol. The third-order valence-electron chi connectivity index (χ3n) is 6.48. The molecular weight excluding hydrogens is 344 g/mol. The van der Waals surface area contributed by atoms with Gasteiger partial charge in [-0.15, -0.1) is 0 Å². The van der Waals surface area contributed by atoms with Crippen LogP contribution in [0.25, 0.3) is 0 Å². The van der Waals surface area contributed by atoms with E-state index in [1.807, 2.05) is 0 Å². The van der Waals surface area contributed by atoms with Crippen LogP contribution in [0.5, 0.6) is 0 Å². The molecule has 0 aliphatic rings. The topological polar surface area (TPSA) is 37.3 Å². The molecule has 0 aliphatic carbocycles. The van der Waals surface area contributed by atoms with Gasteiger partial charge in [-0.2, -0.15) is 0 Å². The first-order valence-corrected chi connectivity index (χ1v) is 12.9. The lowest BCUT2D eigenvalue weighted by Crippen LogP contribution is -2.31. The minimum absolute atomic E-state index is 0.443. The van der Waals surface area contributed by atoms with Crippen molar-refractivity contribution in [2.45, 2.75) is 156 Å². The fourth-order valence-corrected chi connectivity index (χ4v) is 4.43. The molecule has 0 amide bonds. The highest BCUT2D eigenvalue weighted by Crippen LogP contribution is 2.38. The summed E-state index contributed by atoms with van der Waals surface area (Å²) in [7, 11) is 0. The van der Waals surface area contributed by atoms with Crippen LogP contribution in [0, 0.1) is 5.41 Å². The van der Waals surface area contributed by atoms with Gasteiger partial charge in [0.15, 0.2) is 0 Å². The Kier molecular flexibility index (Phi) is 19.4. The van der Waals surface area contributed by atoms with E-state index in [9.17, 15) is 9.90 Å². The van der Waals surface area contributed by atoms with Crippen molar-refractivity contribution in [2.24, 2.45) is 5.41 Å². The first-order chi connectivity index (χ1) is 13.6. The van der Waals surface area contributed by atoms with Crippen LogP contribution in [0.15, 0.2) is 0 Å². The summed E-state index contributed by atoms with van der Waals surface area (Å²) in [5, 5.41) is 10.1. The second-order valence-electron chi connectivity index (χ2n) is 9.14. The van der Waals surface area contributed by atoms with Gasteiger partial charge in [-0.05, 0) is 19.3 Å². The maximum absolute atomic E-state index is 12.2. The molecule has 0 rings (SSSR count).